The fourth-order valence-corrected chi connectivity index (χ4v) is 1.38. The summed E-state index contributed by atoms with van der Waals surface area (Å²) in [7, 11) is 0. The third-order valence-corrected chi connectivity index (χ3v) is 2.82. The number of nitrogens with two attached hydrogens (primary N) is 2. The predicted molar refractivity (Wildman–Crippen MR) is 55.3 cm³/mol. The average molecular weight is 264 g/mol. The fourth-order valence-electron chi connectivity index (χ4n) is 0.870. The van der Waals surface area contributed by atoms with Gasteiger partial charge < -0.3 is 11.5 Å². The molecule has 0 saturated heterocycles. The van der Waals surface area contributed by atoms with E-state index in [-0.39, 0.29) is 0 Å². The highest BCUT2D eigenvalue weighted by Gasteiger charge is 2.12. The van der Waals surface area contributed by atoms with Crippen LogP contribution in [0.2, 0.25) is 5.02 Å². The van der Waals surface area contributed by atoms with Gasteiger partial charge in [-0.25, -0.2) is 0 Å². The molecule has 5 heteroatoms. The van der Waals surface area contributed by atoms with Gasteiger partial charge in [0.15, 0.2) is 0 Å². The molecule has 0 saturated carbocycles. The maximum atomic E-state index is 10.7. The Morgan fingerprint density at radius 3 is 2.62 bits per heavy atom. The Kier molecular flexibility index (Phi) is 3.30. The second-order valence-corrected chi connectivity index (χ2v) is 3.82. The third-order valence-electron chi connectivity index (χ3n) is 1.61. The van der Waals surface area contributed by atoms with Crippen LogP contribution in [0.1, 0.15) is 11.6 Å². The Bertz CT molecular complexity index is 343. The molecule has 0 aliphatic rings. The minimum atomic E-state index is -0.784. The first kappa shape index (κ1) is 10.5. The molecule has 0 fully saturated rings. The summed E-state index contributed by atoms with van der Waals surface area (Å²) in [5.74, 6) is -0.561. The van der Waals surface area contributed by atoms with Crippen molar-refractivity contribution in [1.29, 1.82) is 0 Å². The van der Waals surface area contributed by atoms with E-state index in [0.717, 1.165) is 0 Å². The van der Waals surface area contributed by atoms with Gasteiger partial charge in [-0.05, 0) is 33.6 Å². The first-order valence-electron chi connectivity index (χ1n) is 3.52. The molecule has 1 aromatic carbocycles. The van der Waals surface area contributed by atoms with Gasteiger partial charge in [0.1, 0.15) is 6.04 Å². The van der Waals surface area contributed by atoms with Crippen molar-refractivity contribution >= 4 is 33.4 Å². The lowest BCUT2D eigenvalue weighted by Crippen LogP contribution is -2.28. The van der Waals surface area contributed by atoms with Crippen LogP contribution < -0.4 is 11.5 Å². The molecule has 4 N–H and O–H groups in total. The molecular weight excluding hydrogens is 255 g/mol. The first-order valence-corrected chi connectivity index (χ1v) is 4.69. The first-order chi connectivity index (χ1) is 6.02. The smallest absolute Gasteiger partial charge is 0.238 e. The van der Waals surface area contributed by atoms with E-state index in [1.165, 1.54) is 0 Å². The van der Waals surface area contributed by atoms with Gasteiger partial charge in [-0.1, -0.05) is 17.7 Å². The molecule has 13 heavy (non-hydrogen) atoms. The largest absolute Gasteiger partial charge is 0.368 e. The zero-order valence-corrected chi connectivity index (χ0v) is 8.97. The number of carbonyl (C=O) groups is 1. The van der Waals surface area contributed by atoms with E-state index >= 15 is 0 Å². The summed E-state index contributed by atoms with van der Waals surface area (Å²) in [4.78, 5) is 10.7. The van der Waals surface area contributed by atoms with Crippen LogP contribution in [-0.2, 0) is 4.79 Å². The van der Waals surface area contributed by atoms with Crippen molar-refractivity contribution in [2.75, 3.05) is 0 Å². The molecule has 0 heterocycles. The molecule has 1 unspecified atom stereocenters. The van der Waals surface area contributed by atoms with Crippen LogP contribution in [0.4, 0.5) is 0 Å². The van der Waals surface area contributed by atoms with Crippen molar-refractivity contribution in [3.8, 4) is 0 Å². The molecule has 0 aliphatic heterocycles. The molecule has 70 valence electrons. The van der Waals surface area contributed by atoms with Crippen LogP contribution >= 0.6 is 27.5 Å². The minimum Gasteiger partial charge on any atom is -0.368 e. The zero-order chi connectivity index (χ0) is 10.0. The van der Waals surface area contributed by atoms with Crippen molar-refractivity contribution in [2.24, 2.45) is 11.5 Å². The van der Waals surface area contributed by atoms with E-state index in [4.69, 9.17) is 23.1 Å². The van der Waals surface area contributed by atoms with E-state index in [2.05, 4.69) is 15.9 Å². The van der Waals surface area contributed by atoms with Crippen LogP contribution in [0.5, 0.6) is 0 Å². The van der Waals surface area contributed by atoms with Gasteiger partial charge in [-0.2, -0.15) is 0 Å². The van der Waals surface area contributed by atoms with E-state index in [0.29, 0.717) is 15.1 Å². The molecule has 1 amide bonds. The number of hydrogen-bond acceptors (Lipinski definition) is 2. The molecule has 3 nitrogen and oxygen atoms in total. The van der Waals surface area contributed by atoms with Crippen LogP contribution in [0.3, 0.4) is 0 Å². The predicted octanol–water partition coefficient (Wildman–Crippen LogP) is 1.59. The van der Waals surface area contributed by atoms with Crippen molar-refractivity contribution < 1.29 is 4.79 Å². The summed E-state index contributed by atoms with van der Waals surface area (Å²) in [6, 6.07) is 4.22. The van der Waals surface area contributed by atoms with Crippen molar-refractivity contribution in [3.63, 3.8) is 0 Å². The van der Waals surface area contributed by atoms with E-state index in [9.17, 15) is 4.79 Å². The molecule has 1 rings (SSSR count). The number of amides is 1. The molecule has 0 aromatic heterocycles. The van der Waals surface area contributed by atoms with Crippen LogP contribution in [-0.4, -0.2) is 5.91 Å². The topological polar surface area (TPSA) is 69.1 Å². The highest BCUT2D eigenvalue weighted by molar-refractivity contribution is 9.10. The van der Waals surface area contributed by atoms with Gasteiger partial charge >= 0.3 is 0 Å². The van der Waals surface area contributed by atoms with Crippen molar-refractivity contribution in [2.45, 2.75) is 6.04 Å². The lowest BCUT2D eigenvalue weighted by atomic mass is 10.1. The summed E-state index contributed by atoms with van der Waals surface area (Å²) >= 11 is 8.98. The zero-order valence-electron chi connectivity index (χ0n) is 6.63. The Morgan fingerprint density at radius 2 is 2.15 bits per heavy atom. The second kappa shape index (κ2) is 4.09. The third kappa shape index (κ3) is 2.43. The second-order valence-electron chi connectivity index (χ2n) is 2.55. The number of benzene rings is 1. The Balaban J connectivity index is 3.03. The van der Waals surface area contributed by atoms with Gasteiger partial charge in [-0.15, -0.1) is 0 Å². The van der Waals surface area contributed by atoms with Crippen LogP contribution in [0.15, 0.2) is 22.7 Å². The Morgan fingerprint density at radius 1 is 1.54 bits per heavy atom. The van der Waals surface area contributed by atoms with Crippen molar-refractivity contribution in [1.82, 2.24) is 0 Å². The molecule has 0 radical (unpaired) electrons. The summed E-state index contributed by atoms with van der Waals surface area (Å²) in [5.41, 5.74) is 11.2. The fraction of sp³-hybridized carbons (Fsp3) is 0.125. The summed E-state index contributed by atoms with van der Waals surface area (Å²) in [6.45, 7) is 0. The summed E-state index contributed by atoms with van der Waals surface area (Å²) in [5, 5.41) is 0.570. The quantitative estimate of drug-likeness (QED) is 0.851. The molecule has 0 aliphatic carbocycles. The van der Waals surface area contributed by atoms with E-state index < -0.39 is 11.9 Å². The monoisotopic (exact) mass is 262 g/mol. The lowest BCUT2D eigenvalue weighted by molar-refractivity contribution is -0.119. The molecule has 0 bridgehead atoms. The summed E-state index contributed by atoms with van der Waals surface area (Å²) < 4.78 is 0.698. The number of carbonyl (C=O) groups excluding carboxylic acids is 1. The number of hydrogen-bond donors (Lipinski definition) is 2. The maximum absolute atomic E-state index is 10.7. The highest BCUT2D eigenvalue weighted by Crippen LogP contribution is 2.25. The summed E-state index contributed by atoms with van der Waals surface area (Å²) in [6.07, 6.45) is 0. The number of halogens is 2. The highest BCUT2D eigenvalue weighted by atomic mass is 79.9. The molecule has 1 aromatic rings. The van der Waals surface area contributed by atoms with E-state index in [1.54, 1.807) is 18.2 Å². The molecule has 0 spiro atoms. The molecular formula is C8H8BrClN2O. The van der Waals surface area contributed by atoms with Gasteiger partial charge in [0.25, 0.3) is 0 Å². The SMILES string of the molecule is NC(=O)C(N)c1ccc(Cl)c(Br)c1. The normalized spacial score (nSPS) is 12.5. The number of rotatable bonds is 2. The van der Waals surface area contributed by atoms with Crippen molar-refractivity contribution in [3.05, 3.63) is 33.3 Å². The number of primary amides is 1. The van der Waals surface area contributed by atoms with Crippen LogP contribution in [0, 0.1) is 0 Å². The van der Waals surface area contributed by atoms with Crippen LogP contribution in [0.25, 0.3) is 0 Å². The Labute approximate surface area is 89.2 Å². The maximum Gasteiger partial charge on any atom is 0.238 e. The molecule has 1 atom stereocenters. The van der Waals surface area contributed by atoms with Gasteiger partial charge in [0, 0.05) is 4.47 Å². The van der Waals surface area contributed by atoms with Gasteiger partial charge in [-0.3, -0.25) is 4.79 Å². The minimum absolute atomic E-state index is 0.561. The standard InChI is InChI=1S/C8H8BrClN2O/c9-5-3-4(1-2-6(5)10)7(11)8(12)13/h1-3,7H,11H2,(H2,12,13). The average Bonchev–Trinajstić information content (AvgIpc) is 2.08. The van der Waals surface area contributed by atoms with Gasteiger partial charge in [0.05, 0.1) is 5.02 Å². The Hall–Kier alpha value is -0.580. The lowest BCUT2D eigenvalue weighted by Gasteiger charge is -2.08. The van der Waals surface area contributed by atoms with Gasteiger partial charge in [0.2, 0.25) is 5.91 Å². The van der Waals surface area contributed by atoms with E-state index in [1.807, 2.05) is 0 Å².